The van der Waals surface area contributed by atoms with Crippen LogP contribution in [-0.2, 0) is 17.3 Å². The number of H-pyrrole nitrogens is 1. The van der Waals surface area contributed by atoms with Crippen molar-refractivity contribution >= 4 is 16.9 Å². The SMILES string of the molecule is OCC1(F)CN=C(Cc2cc(F)c(Oc3ccnc4[nH]cc(-c5ccc(C(F)(F)F)cc5)c34)c(F)c2)OC1. The first-order chi connectivity index (χ1) is 18.1. The average molecular weight is 535 g/mol. The van der Waals surface area contributed by atoms with Gasteiger partial charge in [0, 0.05) is 24.4 Å². The van der Waals surface area contributed by atoms with Gasteiger partial charge < -0.3 is 19.6 Å². The number of ether oxygens (including phenoxy) is 2. The highest BCUT2D eigenvalue weighted by molar-refractivity contribution is 5.98. The summed E-state index contributed by atoms with van der Waals surface area (Å²) >= 11 is 0. The summed E-state index contributed by atoms with van der Waals surface area (Å²) in [5.41, 5.74) is -1.52. The van der Waals surface area contributed by atoms with E-state index < -0.39 is 48.0 Å². The van der Waals surface area contributed by atoms with Gasteiger partial charge in [0.15, 0.2) is 29.0 Å². The second kappa shape index (κ2) is 9.67. The molecule has 2 aromatic heterocycles. The number of aromatic amines is 1. The topological polar surface area (TPSA) is 79.7 Å². The van der Waals surface area contributed by atoms with Crippen molar-refractivity contribution < 1.29 is 40.9 Å². The van der Waals surface area contributed by atoms with Crippen molar-refractivity contribution in [2.45, 2.75) is 18.3 Å². The number of fused-ring (bicyclic) bond motifs is 1. The molecule has 198 valence electrons. The van der Waals surface area contributed by atoms with E-state index >= 15 is 0 Å². The average Bonchev–Trinajstić information content (AvgIpc) is 3.32. The Morgan fingerprint density at radius 2 is 1.79 bits per heavy atom. The third-order valence-corrected chi connectivity index (χ3v) is 6.00. The standard InChI is InChI=1S/C26H19F6N3O3/c27-18-7-14(9-21-35-11-25(29,12-36)13-37-21)8-19(28)23(18)38-20-5-6-33-24-22(20)17(10-34-24)15-1-3-16(4-2-15)26(30,31)32/h1-8,10,36H,9,11-13H2,(H,33,34). The lowest BCUT2D eigenvalue weighted by Crippen LogP contribution is -2.42. The van der Waals surface area contributed by atoms with Gasteiger partial charge in [-0.2, -0.15) is 13.2 Å². The van der Waals surface area contributed by atoms with E-state index in [9.17, 15) is 26.3 Å². The van der Waals surface area contributed by atoms with E-state index in [0.29, 0.717) is 22.2 Å². The maximum absolute atomic E-state index is 15.0. The molecule has 6 nitrogen and oxygen atoms in total. The van der Waals surface area contributed by atoms with E-state index in [0.717, 1.165) is 24.3 Å². The molecule has 1 aliphatic heterocycles. The number of halogens is 6. The number of benzene rings is 2. The summed E-state index contributed by atoms with van der Waals surface area (Å²) in [5, 5.41) is 9.36. The maximum atomic E-state index is 15.0. The zero-order valence-corrected chi connectivity index (χ0v) is 19.5. The fourth-order valence-electron chi connectivity index (χ4n) is 4.01. The van der Waals surface area contributed by atoms with Crippen LogP contribution in [0.15, 0.2) is 59.9 Å². The van der Waals surface area contributed by atoms with Crippen molar-refractivity contribution in [3.63, 3.8) is 0 Å². The lowest BCUT2D eigenvalue weighted by molar-refractivity contribution is -0.137. The largest absolute Gasteiger partial charge is 0.477 e. The van der Waals surface area contributed by atoms with Crippen LogP contribution in [-0.4, -0.2) is 46.4 Å². The Morgan fingerprint density at radius 3 is 2.39 bits per heavy atom. The second-order valence-corrected chi connectivity index (χ2v) is 8.79. The molecule has 0 spiro atoms. The number of hydrogen-bond acceptors (Lipinski definition) is 5. The lowest BCUT2D eigenvalue weighted by Gasteiger charge is -2.26. The Bertz CT molecular complexity index is 1490. The quantitative estimate of drug-likeness (QED) is 0.297. The van der Waals surface area contributed by atoms with E-state index in [2.05, 4.69) is 15.0 Å². The Labute approximate surface area is 211 Å². The summed E-state index contributed by atoms with van der Waals surface area (Å²) in [4.78, 5) is 10.9. The first-order valence-corrected chi connectivity index (χ1v) is 11.3. The number of aliphatic hydroxyl groups excluding tert-OH is 1. The summed E-state index contributed by atoms with van der Waals surface area (Å²) in [5.74, 6) is -2.65. The molecule has 0 bridgehead atoms. The van der Waals surface area contributed by atoms with Gasteiger partial charge in [0.1, 0.15) is 18.0 Å². The molecule has 2 aromatic carbocycles. The van der Waals surface area contributed by atoms with E-state index in [1.165, 1.54) is 30.6 Å². The number of alkyl halides is 4. The zero-order valence-electron chi connectivity index (χ0n) is 19.5. The van der Waals surface area contributed by atoms with Gasteiger partial charge in [-0.1, -0.05) is 12.1 Å². The molecular formula is C26H19F6N3O3. The van der Waals surface area contributed by atoms with Crippen molar-refractivity contribution in [1.29, 1.82) is 0 Å². The fraction of sp³-hybridized carbons (Fsp3) is 0.231. The summed E-state index contributed by atoms with van der Waals surface area (Å²) in [6, 6.07) is 7.86. The molecule has 2 N–H and O–H groups in total. The number of nitrogens with one attached hydrogen (secondary N) is 1. The first kappa shape index (κ1) is 25.6. The minimum atomic E-state index is -4.50. The molecule has 0 saturated carbocycles. The molecule has 5 rings (SSSR count). The summed E-state index contributed by atoms with van der Waals surface area (Å²) < 4.78 is 93.6. The van der Waals surface area contributed by atoms with Crippen LogP contribution >= 0.6 is 0 Å². The molecule has 0 aliphatic carbocycles. The fourth-order valence-corrected chi connectivity index (χ4v) is 4.01. The van der Waals surface area contributed by atoms with Gasteiger partial charge in [0.25, 0.3) is 0 Å². The van der Waals surface area contributed by atoms with Gasteiger partial charge in [-0.25, -0.2) is 18.2 Å². The van der Waals surface area contributed by atoms with Gasteiger partial charge in [0.05, 0.1) is 24.1 Å². The van der Waals surface area contributed by atoms with Crippen molar-refractivity contribution in [2.24, 2.45) is 4.99 Å². The van der Waals surface area contributed by atoms with Crippen LogP contribution in [0.1, 0.15) is 11.1 Å². The molecule has 12 heteroatoms. The number of pyridine rings is 1. The molecule has 38 heavy (non-hydrogen) atoms. The van der Waals surface area contributed by atoms with Crippen LogP contribution in [0.25, 0.3) is 22.2 Å². The predicted molar refractivity (Wildman–Crippen MR) is 126 cm³/mol. The number of aliphatic hydroxyl groups is 1. The molecule has 1 atom stereocenters. The highest BCUT2D eigenvalue weighted by Crippen LogP contribution is 2.39. The van der Waals surface area contributed by atoms with Crippen molar-refractivity contribution in [3.8, 4) is 22.6 Å². The highest BCUT2D eigenvalue weighted by atomic mass is 19.4. The highest BCUT2D eigenvalue weighted by Gasteiger charge is 2.34. The molecule has 3 heterocycles. The van der Waals surface area contributed by atoms with E-state index in [-0.39, 0.29) is 30.2 Å². The summed E-state index contributed by atoms with van der Waals surface area (Å²) in [6.07, 6.45) is -1.74. The number of hydrogen-bond donors (Lipinski definition) is 2. The number of aliphatic imine (C=N–C) groups is 1. The normalized spacial score (nSPS) is 17.8. The second-order valence-electron chi connectivity index (χ2n) is 8.79. The molecular weight excluding hydrogens is 516 g/mol. The Morgan fingerprint density at radius 1 is 1.08 bits per heavy atom. The monoisotopic (exact) mass is 535 g/mol. The van der Waals surface area contributed by atoms with Gasteiger partial charge in [-0.3, -0.25) is 4.99 Å². The van der Waals surface area contributed by atoms with E-state index in [1.54, 1.807) is 0 Å². The van der Waals surface area contributed by atoms with Gasteiger partial charge >= 0.3 is 6.18 Å². The predicted octanol–water partition coefficient (Wildman–Crippen LogP) is 5.99. The van der Waals surface area contributed by atoms with Crippen LogP contribution in [0.5, 0.6) is 11.5 Å². The molecule has 4 aromatic rings. The molecule has 1 unspecified atom stereocenters. The number of nitrogens with zero attached hydrogens (tertiary/aromatic N) is 2. The van der Waals surface area contributed by atoms with Crippen molar-refractivity contribution in [3.05, 3.63) is 77.6 Å². The molecule has 0 fully saturated rings. The van der Waals surface area contributed by atoms with Crippen LogP contribution in [0, 0.1) is 11.6 Å². The number of rotatable bonds is 6. The van der Waals surface area contributed by atoms with Gasteiger partial charge in [-0.05, 0) is 41.5 Å². The van der Waals surface area contributed by atoms with E-state index in [4.69, 9.17) is 14.6 Å². The minimum absolute atomic E-state index is 0.0278. The third-order valence-electron chi connectivity index (χ3n) is 6.00. The van der Waals surface area contributed by atoms with Crippen LogP contribution in [0.3, 0.4) is 0 Å². The molecule has 0 radical (unpaired) electrons. The molecule has 0 amide bonds. The molecule has 0 saturated heterocycles. The smallest absolute Gasteiger partial charge is 0.416 e. The van der Waals surface area contributed by atoms with Gasteiger partial charge in [0.2, 0.25) is 0 Å². The maximum Gasteiger partial charge on any atom is 0.416 e. The van der Waals surface area contributed by atoms with Crippen LogP contribution < -0.4 is 4.74 Å². The first-order valence-electron chi connectivity index (χ1n) is 11.3. The van der Waals surface area contributed by atoms with Crippen LogP contribution in [0.4, 0.5) is 26.3 Å². The van der Waals surface area contributed by atoms with Crippen LogP contribution in [0.2, 0.25) is 0 Å². The Balaban J connectivity index is 1.43. The summed E-state index contributed by atoms with van der Waals surface area (Å²) in [6.45, 7) is -1.52. The Kier molecular flexibility index (Phi) is 6.51. The lowest BCUT2D eigenvalue weighted by atomic mass is 10.0. The zero-order chi connectivity index (χ0) is 27.1. The number of aromatic nitrogens is 2. The third kappa shape index (κ3) is 5.03. The Hall–Kier alpha value is -4.06. The minimum Gasteiger partial charge on any atom is -0.477 e. The molecule has 1 aliphatic rings. The van der Waals surface area contributed by atoms with Crippen molar-refractivity contribution in [2.75, 3.05) is 19.8 Å². The van der Waals surface area contributed by atoms with Crippen molar-refractivity contribution in [1.82, 2.24) is 9.97 Å². The van der Waals surface area contributed by atoms with Gasteiger partial charge in [-0.15, -0.1) is 0 Å². The summed E-state index contributed by atoms with van der Waals surface area (Å²) in [7, 11) is 0. The van der Waals surface area contributed by atoms with E-state index in [1.807, 2.05) is 0 Å².